The number of halogens is 4. The van der Waals surface area contributed by atoms with Crippen molar-refractivity contribution in [1.82, 2.24) is 0 Å². The third-order valence-corrected chi connectivity index (χ3v) is 6.10. The van der Waals surface area contributed by atoms with Gasteiger partial charge in [0.15, 0.2) is 5.58 Å². The summed E-state index contributed by atoms with van der Waals surface area (Å²) >= 11 is 3.20. The summed E-state index contributed by atoms with van der Waals surface area (Å²) < 4.78 is 58.6. The van der Waals surface area contributed by atoms with E-state index in [-0.39, 0.29) is 46.8 Å². The standard InChI is InChI=1S/C23H21BrF3NO5/c1-12-9-28(10-13(2)31-12)11-15-17(29)8-7-14-19(30)21(22(23(25,26)27)33-20(14)15)32-18-6-4-3-5-16(18)24/h3-8,12-13,29H,9-11H2,1-2H3/p+1. The van der Waals surface area contributed by atoms with Crippen LogP contribution in [0.3, 0.4) is 0 Å². The molecular formula is C23H22BrF3NO5+. The third kappa shape index (κ3) is 4.87. The zero-order valence-electron chi connectivity index (χ0n) is 17.8. The molecule has 0 aliphatic carbocycles. The van der Waals surface area contributed by atoms with E-state index in [4.69, 9.17) is 13.9 Å². The molecule has 176 valence electrons. The van der Waals surface area contributed by atoms with Crippen molar-refractivity contribution in [3.05, 3.63) is 62.4 Å². The van der Waals surface area contributed by atoms with E-state index in [2.05, 4.69) is 15.9 Å². The maximum absolute atomic E-state index is 13.9. The summed E-state index contributed by atoms with van der Waals surface area (Å²) in [5, 5.41) is 10.4. The number of nitrogens with one attached hydrogen (secondary N) is 1. The molecule has 1 aliphatic heterocycles. The molecule has 3 aromatic rings. The fourth-order valence-corrected chi connectivity index (χ4v) is 4.52. The molecular weight excluding hydrogens is 507 g/mol. The average molecular weight is 529 g/mol. The van der Waals surface area contributed by atoms with Gasteiger partial charge in [0.05, 0.1) is 15.4 Å². The Morgan fingerprint density at radius 3 is 2.45 bits per heavy atom. The van der Waals surface area contributed by atoms with Crippen LogP contribution in [0.2, 0.25) is 0 Å². The predicted octanol–water partition coefficient (Wildman–Crippen LogP) is 4.26. The van der Waals surface area contributed by atoms with Crippen LogP contribution in [-0.4, -0.2) is 30.4 Å². The van der Waals surface area contributed by atoms with Crippen LogP contribution in [0.1, 0.15) is 25.2 Å². The Morgan fingerprint density at radius 1 is 1.15 bits per heavy atom. The quantitative estimate of drug-likeness (QED) is 0.529. The summed E-state index contributed by atoms with van der Waals surface area (Å²) in [7, 11) is 0. The monoisotopic (exact) mass is 528 g/mol. The van der Waals surface area contributed by atoms with Crippen molar-refractivity contribution in [2.45, 2.75) is 38.8 Å². The van der Waals surface area contributed by atoms with Gasteiger partial charge in [-0.05, 0) is 54.0 Å². The lowest BCUT2D eigenvalue weighted by atomic mass is 10.1. The molecule has 2 unspecified atom stereocenters. The first-order chi connectivity index (χ1) is 15.5. The zero-order chi connectivity index (χ0) is 23.9. The normalized spacial score (nSPS) is 21.3. The van der Waals surface area contributed by atoms with Crippen LogP contribution in [0.25, 0.3) is 11.0 Å². The highest BCUT2D eigenvalue weighted by Gasteiger charge is 2.41. The molecule has 1 aliphatic rings. The van der Waals surface area contributed by atoms with Crippen molar-refractivity contribution in [3.63, 3.8) is 0 Å². The highest BCUT2D eigenvalue weighted by atomic mass is 79.9. The molecule has 0 saturated carbocycles. The van der Waals surface area contributed by atoms with E-state index in [9.17, 15) is 23.1 Å². The summed E-state index contributed by atoms with van der Waals surface area (Å²) in [6, 6.07) is 8.77. The van der Waals surface area contributed by atoms with Gasteiger partial charge in [-0.3, -0.25) is 4.79 Å². The number of benzene rings is 2. The van der Waals surface area contributed by atoms with Gasteiger partial charge in [-0.25, -0.2) is 0 Å². The molecule has 10 heteroatoms. The second-order valence-corrected chi connectivity index (χ2v) is 9.01. The number of phenols is 1. The summed E-state index contributed by atoms with van der Waals surface area (Å²) in [5.74, 6) is -2.72. The van der Waals surface area contributed by atoms with E-state index >= 15 is 0 Å². The molecule has 33 heavy (non-hydrogen) atoms. The molecule has 6 nitrogen and oxygen atoms in total. The molecule has 2 atom stereocenters. The Labute approximate surface area is 195 Å². The van der Waals surface area contributed by atoms with E-state index in [1.807, 2.05) is 13.8 Å². The highest BCUT2D eigenvalue weighted by molar-refractivity contribution is 9.10. The van der Waals surface area contributed by atoms with Crippen molar-refractivity contribution in [3.8, 4) is 17.2 Å². The Hall–Kier alpha value is -2.56. The van der Waals surface area contributed by atoms with E-state index < -0.39 is 23.1 Å². The lowest BCUT2D eigenvalue weighted by molar-refractivity contribution is -0.928. The van der Waals surface area contributed by atoms with E-state index in [0.717, 1.165) is 4.90 Å². The number of ether oxygens (including phenoxy) is 2. The van der Waals surface area contributed by atoms with Crippen LogP contribution in [0.5, 0.6) is 17.2 Å². The van der Waals surface area contributed by atoms with Crippen LogP contribution < -0.4 is 15.1 Å². The summed E-state index contributed by atoms with van der Waals surface area (Å²) in [4.78, 5) is 14.2. The maximum Gasteiger partial charge on any atom is 0.453 e. The number of hydrogen-bond donors (Lipinski definition) is 2. The maximum atomic E-state index is 13.9. The number of rotatable bonds is 4. The largest absolute Gasteiger partial charge is 0.507 e. The van der Waals surface area contributed by atoms with Gasteiger partial charge in [-0.2, -0.15) is 13.2 Å². The van der Waals surface area contributed by atoms with Crippen molar-refractivity contribution in [1.29, 1.82) is 0 Å². The van der Waals surface area contributed by atoms with E-state index in [0.29, 0.717) is 17.6 Å². The Bertz CT molecular complexity index is 1230. The highest BCUT2D eigenvalue weighted by Crippen LogP contribution is 2.40. The number of para-hydroxylation sites is 1. The summed E-state index contributed by atoms with van der Waals surface area (Å²) in [6.07, 6.45) is -5.10. The molecule has 2 N–H and O–H groups in total. The first-order valence-corrected chi connectivity index (χ1v) is 11.1. The van der Waals surface area contributed by atoms with Crippen molar-refractivity contribution in [2.24, 2.45) is 0 Å². The molecule has 2 aromatic carbocycles. The van der Waals surface area contributed by atoms with Crippen LogP contribution in [0.15, 0.2) is 50.1 Å². The Morgan fingerprint density at radius 2 is 1.82 bits per heavy atom. The number of fused-ring (bicyclic) bond motifs is 1. The van der Waals surface area contributed by atoms with Gasteiger partial charge in [0, 0.05) is 0 Å². The minimum atomic E-state index is -5.00. The molecule has 0 radical (unpaired) electrons. The Balaban J connectivity index is 1.87. The number of phenolic OH excluding ortho intramolecular Hbond substituents is 1. The van der Waals surface area contributed by atoms with Crippen molar-refractivity contribution in [2.75, 3.05) is 13.1 Å². The average Bonchev–Trinajstić information content (AvgIpc) is 2.72. The molecule has 1 aromatic heterocycles. The second-order valence-electron chi connectivity index (χ2n) is 8.15. The van der Waals surface area contributed by atoms with Gasteiger partial charge in [0.2, 0.25) is 11.2 Å². The van der Waals surface area contributed by atoms with Gasteiger partial charge in [0.1, 0.15) is 43.3 Å². The molecule has 2 heterocycles. The zero-order valence-corrected chi connectivity index (χ0v) is 19.4. The van der Waals surface area contributed by atoms with Gasteiger partial charge in [-0.15, -0.1) is 0 Å². The molecule has 4 rings (SSSR count). The van der Waals surface area contributed by atoms with Crippen LogP contribution in [-0.2, 0) is 17.5 Å². The molecule has 0 spiro atoms. The lowest BCUT2D eigenvalue weighted by Crippen LogP contribution is -3.14. The molecule has 0 bridgehead atoms. The summed E-state index contributed by atoms with van der Waals surface area (Å²) in [5.41, 5.74) is -1.13. The van der Waals surface area contributed by atoms with Gasteiger partial charge in [0.25, 0.3) is 5.76 Å². The second kappa shape index (κ2) is 9.00. The van der Waals surface area contributed by atoms with Crippen molar-refractivity contribution >= 4 is 26.9 Å². The van der Waals surface area contributed by atoms with Crippen LogP contribution in [0, 0.1) is 0 Å². The van der Waals surface area contributed by atoms with E-state index in [1.54, 1.807) is 18.2 Å². The molecule has 0 amide bonds. The first kappa shape index (κ1) is 23.6. The number of alkyl halides is 3. The number of quaternary nitrogens is 1. The number of hydrogen-bond acceptors (Lipinski definition) is 5. The van der Waals surface area contributed by atoms with Gasteiger partial charge >= 0.3 is 6.18 Å². The number of morpholine rings is 1. The Kier molecular flexibility index (Phi) is 6.43. The van der Waals surface area contributed by atoms with Crippen LogP contribution >= 0.6 is 15.9 Å². The van der Waals surface area contributed by atoms with Crippen LogP contribution in [0.4, 0.5) is 13.2 Å². The van der Waals surface area contributed by atoms with Crippen molar-refractivity contribution < 1.29 is 37.1 Å². The smallest absolute Gasteiger partial charge is 0.453 e. The fourth-order valence-electron chi connectivity index (χ4n) is 4.16. The topological polar surface area (TPSA) is 73.3 Å². The van der Waals surface area contributed by atoms with E-state index in [1.165, 1.54) is 18.2 Å². The predicted molar refractivity (Wildman–Crippen MR) is 118 cm³/mol. The fraction of sp³-hybridized carbons (Fsp3) is 0.348. The lowest BCUT2D eigenvalue weighted by Gasteiger charge is -2.32. The molecule has 1 fully saturated rings. The number of aromatic hydroxyl groups is 1. The summed E-state index contributed by atoms with van der Waals surface area (Å²) in [6.45, 7) is 5.18. The van der Waals surface area contributed by atoms with Gasteiger partial charge < -0.3 is 23.9 Å². The van der Waals surface area contributed by atoms with Gasteiger partial charge in [-0.1, -0.05) is 12.1 Å². The SMILES string of the molecule is CC1C[NH+](Cc2c(O)ccc3c(=O)c(Oc4ccccc4Br)c(C(F)(F)F)oc23)CC(C)O1. The first-order valence-electron chi connectivity index (χ1n) is 10.3. The minimum Gasteiger partial charge on any atom is -0.507 e. The minimum absolute atomic E-state index is 0.0365. The third-order valence-electron chi connectivity index (χ3n) is 5.45. The molecule has 1 saturated heterocycles.